The SMILES string of the molecule is Cc1ccc([C@@H](O)CN2CCC(O)(c3ccc(F)cc3)CC2)cc1. The van der Waals surface area contributed by atoms with Gasteiger partial charge in [0.1, 0.15) is 5.82 Å². The molecule has 24 heavy (non-hydrogen) atoms. The summed E-state index contributed by atoms with van der Waals surface area (Å²) in [4.78, 5) is 2.17. The van der Waals surface area contributed by atoms with Gasteiger partial charge in [-0.1, -0.05) is 42.0 Å². The zero-order chi connectivity index (χ0) is 17.2. The number of benzene rings is 2. The van der Waals surface area contributed by atoms with Crippen molar-refractivity contribution < 1.29 is 14.6 Å². The zero-order valence-corrected chi connectivity index (χ0v) is 14.0. The molecule has 0 aromatic heterocycles. The van der Waals surface area contributed by atoms with Gasteiger partial charge >= 0.3 is 0 Å². The van der Waals surface area contributed by atoms with Gasteiger partial charge in [0.2, 0.25) is 0 Å². The van der Waals surface area contributed by atoms with Gasteiger partial charge in [-0.25, -0.2) is 4.39 Å². The smallest absolute Gasteiger partial charge is 0.123 e. The molecule has 1 saturated heterocycles. The summed E-state index contributed by atoms with van der Waals surface area (Å²) in [7, 11) is 0. The van der Waals surface area contributed by atoms with Gasteiger partial charge < -0.3 is 15.1 Å². The minimum absolute atomic E-state index is 0.291. The van der Waals surface area contributed by atoms with E-state index in [1.165, 1.54) is 17.7 Å². The second-order valence-corrected chi connectivity index (χ2v) is 6.77. The molecule has 0 radical (unpaired) electrons. The molecular formula is C20H24FNO2. The number of aliphatic hydroxyl groups excluding tert-OH is 1. The minimum atomic E-state index is -0.904. The average molecular weight is 329 g/mol. The molecule has 0 unspecified atom stereocenters. The topological polar surface area (TPSA) is 43.7 Å². The fourth-order valence-electron chi connectivity index (χ4n) is 3.29. The fraction of sp³-hybridized carbons (Fsp3) is 0.400. The summed E-state index contributed by atoms with van der Waals surface area (Å²) >= 11 is 0. The molecule has 0 spiro atoms. The highest BCUT2D eigenvalue weighted by Crippen LogP contribution is 2.33. The molecule has 4 heteroatoms. The molecule has 0 aliphatic carbocycles. The van der Waals surface area contributed by atoms with Crippen LogP contribution in [0.15, 0.2) is 48.5 Å². The molecule has 0 saturated carbocycles. The van der Waals surface area contributed by atoms with E-state index in [2.05, 4.69) is 4.90 Å². The quantitative estimate of drug-likeness (QED) is 0.906. The first kappa shape index (κ1) is 17.1. The lowest BCUT2D eigenvalue weighted by Crippen LogP contribution is -2.43. The number of aryl methyl sites for hydroxylation is 1. The average Bonchev–Trinajstić information content (AvgIpc) is 2.58. The maximum absolute atomic E-state index is 13.1. The van der Waals surface area contributed by atoms with Crippen molar-refractivity contribution in [2.24, 2.45) is 0 Å². The summed E-state index contributed by atoms with van der Waals surface area (Å²) < 4.78 is 13.1. The molecule has 3 rings (SSSR count). The van der Waals surface area contributed by atoms with E-state index in [1.54, 1.807) is 12.1 Å². The van der Waals surface area contributed by atoms with E-state index in [-0.39, 0.29) is 5.82 Å². The van der Waals surface area contributed by atoms with Crippen molar-refractivity contribution in [3.05, 3.63) is 71.0 Å². The number of nitrogens with zero attached hydrogens (tertiary/aromatic N) is 1. The summed E-state index contributed by atoms with van der Waals surface area (Å²) in [6.07, 6.45) is 0.640. The van der Waals surface area contributed by atoms with Crippen molar-refractivity contribution in [1.29, 1.82) is 0 Å². The van der Waals surface area contributed by atoms with Gasteiger partial charge in [-0.2, -0.15) is 0 Å². The van der Waals surface area contributed by atoms with E-state index in [0.717, 1.165) is 11.1 Å². The van der Waals surface area contributed by atoms with Gasteiger partial charge in [-0.15, -0.1) is 0 Å². The summed E-state index contributed by atoms with van der Waals surface area (Å²) in [5, 5.41) is 21.2. The molecule has 2 aromatic rings. The van der Waals surface area contributed by atoms with Crippen molar-refractivity contribution in [2.45, 2.75) is 31.5 Å². The molecule has 1 aliphatic rings. The second kappa shape index (κ2) is 7.01. The minimum Gasteiger partial charge on any atom is -0.387 e. The van der Waals surface area contributed by atoms with Gasteiger partial charge in [-0.3, -0.25) is 0 Å². The molecule has 2 aromatic carbocycles. The van der Waals surface area contributed by atoms with Crippen molar-refractivity contribution in [3.63, 3.8) is 0 Å². The van der Waals surface area contributed by atoms with E-state index in [0.29, 0.717) is 32.5 Å². The summed E-state index contributed by atoms with van der Waals surface area (Å²) in [5.74, 6) is -0.291. The van der Waals surface area contributed by atoms with Crippen molar-refractivity contribution >= 4 is 0 Å². The Kier molecular flexibility index (Phi) is 4.99. The largest absolute Gasteiger partial charge is 0.387 e. The van der Waals surface area contributed by atoms with Crippen LogP contribution in [0.3, 0.4) is 0 Å². The number of rotatable bonds is 4. The lowest BCUT2D eigenvalue weighted by molar-refractivity contribution is -0.0345. The fourth-order valence-corrected chi connectivity index (χ4v) is 3.29. The van der Waals surface area contributed by atoms with Crippen LogP contribution >= 0.6 is 0 Å². The second-order valence-electron chi connectivity index (χ2n) is 6.77. The number of likely N-dealkylation sites (tertiary alicyclic amines) is 1. The predicted molar refractivity (Wildman–Crippen MR) is 92.1 cm³/mol. The Morgan fingerprint density at radius 1 is 1.04 bits per heavy atom. The Labute approximate surface area is 142 Å². The van der Waals surface area contributed by atoms with Crippen LogP contribution in [0.4, 0.5) is 4.39 Å². The van der Waals surface area contributed by atoms with Crippen molar-refractivity contribution in [3.8, 4) is 0 Å². The van der Waals surface area contributed by atoms with E-state index < -0.39 is 11.7 Å². The van der Waals surface area contributed by atoms with E-state index >= 15 is 0 Å². The molecule has 2 N–H and O–H groups in total. The first-order valence-electron chi connectivity index (χ1n) is 8.42. The van der Waals surface area contributed by atoms with Gasteiger partial charge in [0.05, 0.1) is 11.7 Å². The van der Waals surface area contributed by atoms with Gasteiger partial charge in [-0.05, 0) is 43.0 Å². The van der Waals surface area contributed by atoms with E-state index in [9.17, 15) is 14.6 Å². The van der Waals surface area contributed by atoms with Crippen molar-refractivity contribution in [2.75, 3.05) is 19.6 Å². The Bertz CT molecular complexity index is 661. The Morgan fingerprint density at radius 2 is 1.62 bits per heavy atom. The molecule has 1 aliphatic heterocycles. The maximum atomic E-state index is 13.1. The normalized spacial score (nSPS) is 19.2. The molecule has 1 heterocycles. The Hall–Kier alpha value is -1.75. The molecule has 0 amide bonds. The molecule has 1 atom stereocenters. The highest BCUT2D eigenvalue weighted by atomic mass is 19.1. The first-order valence-corrected chi connectivity index (χ1v) is 8.42. The number of hydrogen-bond acceptors (Lipinski definition) is 3. The third-order valence-corrected chi connectivity index (χ3v) is 4.96. The molecule has 1 fully saturated rings. The number of piperidine rings is 1. The lowest BCUT2D eigenvalue weighted by Gasteiger charge is -2.39. The molecule has 3 nitrogen and oxygen atoms in total. The lowest BCUT2D eigenvalue weighted by atomic mass is 9.84. The van der Waals surface area contributed by atoms with Crippen molar-refractivity contribution in [1.82, 2.24) is 4.90 Å². The summed E-state index contributed by atoms with van der Waals surface area (Å²) in [6, 6.07) is 14.0. The number of aliphatic hydroxyl groups is 2. The highest BCUT2D eigenvalue weighted by Gasteiger charge is 2.34. The highest BCUT2D eigenvalue weighted by molar-refractivity contribution is 5.25. The summed E-state index contributed by atoms with van der Waals surface area (Å²) in [6.45, 7) is 3.99. The molecule has 128 valence electrons. The third kappa shape index (κ3) is 3.83. The van der Waals surface area contributed by atoms with E-state index in [1.807, 2.05) is 31.2 Å². The standard InChI is InChI=1S/C20H24FNO2/c1-15-2-4-16(5-3-15)19(23)14-22-12-10-20(24,11-13-22)17-6-8-18(21)9-7-17/h2-9,19,23-24H,10-14H2,1H3/t19-/m0/s1. The van der Waals surface area contributed by atoms with Crippen LogP contribution in [0.2, 0.25) is 0 Å². The van der Waals surface area contributed by atoms with Gasteiger partial charge in [0, 0.05) is 19.6 Å². The van der Waals surface area contributed by atoms with Gasteiger partial charge in [0.25, 0.3) is 0 Å². The Morgan fingerprint density at radius 3 is 2.21 bits per heavy atom. The number of halogens is 1. The first-order chi connectivity index (χ1) is 11.5. The number of β-amino-alcohol motifs (C(OH)–C–C–N with tert-alkyl or cyclic N) is 1. The maximum Gasteiger partial charge on any atom is 0.123 e. The van der Waals surface area contributed by atoms with Crippen LogP contribution in [0, 0.1) is 12.7 Å². The predicted octanol–water partition coefficient (Wildman–Crippen LogP) is 3.15. The zero-order valence-electron chi connectivity index (χ0n) is 14.0. The van der Waals surface area contributed by atoms with Crippen LogP contribution in [0.25, 0.3) is 0 Å². The van der Waals surface area contributed by atoms with Crippen LogP contribution in [0.1, 0.15) is 35.6 Å². The number of hydrogen-bond donors (Lipinski definition) is 2. The van der Waals surface area contributed by atoms with E-state index in [4.69, 9.17) is 0 Å². The van der Waals surface area contributed by atoms with Crippen LogP contribution < -0.4 is 0 Å². The van der Waals surface area contributed by atoms with Crippen LogP contribution in [0.5, 0.6) is 0 Å². The van der Waals surface area contributed by atoms with Crippen LogP contribution in [-0.4, -0.2) is 34.7 Å². The molecule has 0 bridgehead atoms. The van der Waals surface area contributed by atoms with Gasteiger partial charge in [0.15, 0.2) is 0 Å². The summed E-state index contributed by atoms with van der Waals surface area (Å²) in [5.41, 5.74) is 1.95. The monoisotopic (exact) mass is 329 g/mol. The Balaban J connectivity index is 1.58. The van der Waals surface area contributed by atoms with Crippen LogP contribution in [-0.2, 0) is 5.60 Å². The third-order valence-electron chi connectivity index (χ3n) is 4.96. The molecular weight excluding hydrogens is 305 g/mol.